The standard InChI is InChI=1S/C22H19N3O2/c26-22(27-15-16-8-3-1-4-9-16)25-20(17-10-5-2-6-11-17)19-14-24-21-18(19)12-7-13-23-21/h1-14,20H,15H2,(H,23,24)(H,25,26). The average molecular weight is 357 g/mol. The van der Waals surface area contributed by atoms with Gasteiger partial charge in [-0.3, -0.25) is 0 Å². The zero-order valence-electron chi connectivity index (χ0n) is 14.6. The molecule has 2 aromatic carbocycles. The van der Waals surface area contributed by atoms with Gasteiger partial charge >= 0.3 is 6.09 Å². The van der Waals surface area contributed by atoms with Crippen molar-refractivity contribution in [3.05, 3.63) is 102 Å². The number of hydrogen-bond acceptors (Lipinski definition) is 3. The monoisotopic (exact) mass is 357 g/mol. The summed E-state index contributed by atoms with van der Waals surface area (Å²) in [6.07, 6.45) is 3.15. The molecule has 2 aromatic heterocycles. The van der Waals surface area contributed by atoms with Crippen molar-refractivity contribution in [2.45, 2.75) is 12.6 Å². The molecular weight excluding hydrogens is 338 g/mol. The topological polar surface area (TPSA) is 67.0 Å². The fraction of sp³-hybridized carbons (Fsp3) is 0.0909. The number of rotatable bonds is 5. The lowest BCUT2D eigenvalue weighted by Crippen LogP contribution is -2.29. The second-order valence-electron chi connectivity index (χ2n) is 6.19. The van der Waals surface area contributed by atoms with Crippen molar-refractivity contribution < 1.29 is 9.53 Å². The van der Waals surface area contributed by atoms with Gasteiger partial charge in [-0.2, -0.15) is 0 Å². The number of nitrogens with zero attached hydrogens (tertiary/aromatic N) is 1. The lowest BCUT2D eigenvalue weighted by Gasteiger charge is -2.19. The van der Waals surface area contributed by atoms with E-state index in [-0.39, 0.29) is 12.6 Å². The van der Waals surface area contributed by atoms with Crippen LogP contribution < -0.4 is 5.32 Å². The van der Waals surface area contributed by atoms with E-state index in [0.29, 0.717) is 0 Å². The summed E-state index contributed by atoms with van der Waals surface area (Å²) in [5, 5.41) is 3.96. The van der Waals surface area contributed by atoms with E-state index >= 15 is 0 Å². The van der Waals surface area contributed by atoms with Crippen molar-refractivity contribution in [1.82, 2.24) is 15.3 Å². The van der Waals surface area contributed by atoms with Crippen molar-refractivity contribution in [3.63, 3.8) is 0 Å². The second-order valence-corrected chi connectivity index (χ2v) is 6.19. The highest BCUT2D eigenvalue weighted by molar-refractivity contribution is 5.81. The highest BCUT2D eigenvalue weighted by Gasteiger charge is 2.21. The Morgan fingerprint density at radius 1 is 1.00 bits per heavy atom. The third-order valence-electron chi connectivity index (χ3n) is 4.40. The Hall–Kier alpha value is -3.60. The fourth-order valence-corrected chi connectivity index (χ4v) is 3.08. The summed E-state index contributed by atoms with van der Waals surface area (Å²) < 4.78 is 5.41. The number of pyridine rings is 1. The van der Waals surface area contributed by atoms with E-state index in [9.17, 15) is 4.79 Å². The van der Waals surface area contributed by atoms with Gasteiger partial charge in [0, 0.05) is 23.3 Å². The lowest BCUT2D eigenvalue weighted by molar-refractivity contribution is 0.137. The van der Waals surface area contributed by atoms with E-state index in [0.717, 1.165) is 27.7 Å². The van der Waals surface area contributed by atoms with Gasteiger partial charge < -0.3 is 15.0 Å². The molecule has 0 radical (unpaired) electrons. The van der Waals surface area contributed by atoms with Crippen LogP contribution in [0.1, 0.15) is 22.7 Å². The molecule has 134 valence electrons. The highest BCUT2D eigenvalue weighted by Crippen LogP contribution is 2.28. The Balaban J connectivity index is 1.58. The van der Waals surface area contributed by atoms with Crippen LogP contribution >= 0.6 is 0 Å². The predicted molar refractivity (Wildman–Crippen MR) is 104 cm³/mol. The molecule has 0 aliphatic carbocycles. The first-order valence-corrected chi connectivity index (χ1v) is 8.75. The molecule has 2 N–H and O–H groups in total. The van der Waals surface area contributed by atoms with Crippen LogP contribution in [0.15, 0.2) is 85.2 Å². The number of aromatic amines is 1. The molecule has 0 spiro atoms. The number of carbonyl (C=O) groups excluding carboxylic acids is 1. The third kappa shape index (κ3) is 3.82. The van der Waals surface area contributed by atoms with Crippen molar-refractivity contribution in [2.75, 3.05) is 0 Å². The predicted octanol–water partition coefficient (Wildman–Crippen LogP) is 4.58. The van der Waals surface area contributed by atoms with Crippen LogP contribution in [0.2, 0.25) is 0 Å². The molecule has 0 fully saturated rings. The molecule has 5 nitrogen and oxygen atoms in total. The van der Waals surface area contributed by atoms with Crippen LogP contribution in [0.4, 0.5) is 4.79 Å². The average Bonchev–Trinajstić information content (AvgIpc) is 3.16. The minimum Gasteiger partial charge on any atom is -0.445 e. The van der Waals surface area contributed by atoms with Gasteiger partial charge in [0.05, 0.1) is 6.04 Å². The van der Waals surface area contributed by atoms with E-state index in [1.807, 2.05) is 79.0 Å². The van der Waals surface area contributed by atoms with E-state index < -0.39 is 6.09 Å². The van der Waals surface area contributed by atoms with Crippen molar-refractivity contribution in [3.8, 4) is 0 Å². The minimum absolute atomic E-state index is 0.226. The zero-order chi connectivity index (χ0) is 18.5. The Kier molecular flexibility index (Phi) is 4.83. The number of aromatic nitrogens is 2. The number of ether oxygens (including phenoxy) is 1. The molecule has 2 heterocycles. The summed E-state index contributed by atoms with van der Waals surface area (Å²) in [5.74, 6) is 0. The smallest absolute Gasteiger partial charge is 0.408 e. The van der Waals surface area contributed by atoms with Crippen LogP contribution in [0.3, 0.4) is 0 Å². The van der Waals surface area contributed by atoms with Crippen molar-refractivity contribution in [2.24, 2.45) is 0 Å². The van der Waals surface area contributed by atoms with Crippen LogP contribution in [-0.4, -0.2) is 16.1 Å². The molecule has 1 atom stereocenters. The number of amides is 1. The van der Waals surface area contributed by atoms with Crippen LogP contribution in [-0.2, 0) is 11.3 Å². The molecule has 0 saturated heterocycles. The van der Waals surface area contributed by atoms with E-state index in [1.165, 1.54) is 0 Å². The fourth-order valence-electron chi connectivity index (χ4n) is 3.08. The van der Waals surface area contributed by atoms with Crippen LogP contribution in [0.5, 0.6) is 0 Å². The molecule has 1 unspecified atom stereocenters. The van der Waals surface area contributed by atoms with E-state index in [1.54, 1.807) is 6.20 Å². The summed E-state index contributed by atoms with van der Waals surface area (Å²) in [6.45, 7) is 0.226. The number of fused-ring (bicyclic) bond motifs is 1. The zero-order valence-corrected chi connectivity index (χ0v) is 14.6. The van der Waals surface area contributed by atoms with Crippen LogP contribution in [0.25, 0.3) is 11.0 Å². The SMILES string of the molecule is O=C(NC(c1ccccc1)c1c[nH]c2ncccc12)OCc1ccccc1. The van der Waals surface area contributed by atoms with Crippen molar-refractivity contribution in [1.29, 1.82) is 0 Å². The first kappa shape index (κ1) is 16.8. The first-order valence-electron chi connectivity index (χ1n) is 8.75. The molecule has 0 bridgehead atoms. The quantitative estimate of drug-likeness (QED) is 0.549. The molecular formula is C22H19N3O2. The Bertz CT molecular complexity index is 1030. The van der Waals surface area contributed by atoms with Gasteiger partial charge in [-0.1, -0.05) is 60.7 Å². The summed E-state index contributed by atoms with van der Waals surface area (Å²) in [7, 11) is 0. The van der Waals surface area contributed by atoms with Gasteiger partial charge in [0.25, 0.3) is 0 Å². The Morgan fingerprint density at radius 3 is 2.52 bits per heavy atom. The van der Waals surface area contributed by atoms with Gasteiger partial charge in [0.15, 0.2) is 0 Å². The number of carbonyl (C=O) groups is 1. The number of benzene rings is 2. The number of H-pyrrole nitrogens is 1. The molecule has 4 aromatic rings. The van der Waals surface area contributed by atoms with Crippen LogP contribution in [0, 0.1) is 0 Å². The first-order chi connectivity index (χ1) is 13.3. The summed E-state index contributed by atoms with van der Waals surface area (Å²) >= 11 is 0. The molecule has 1 amide bonds. The largest absolute Gasteiger partial charge is 0.445 e. The normalized spacial score (nSPS) is 11.9. The van der Waals surface area contributed by atoms with Crippen molar-refractivity contribution >= 4 is 17.1 Å². The third-order valence-corrected chi connectivity index (χ3v) is 4.40. The summed E-state index contributed by atoms with van der Waals surface area (Å²) in [6, 6.07) is 23.0. The van der Waals surface area contributed by atoms with Gasteiger partial charge in [0.1, 0.15) is 12.3 Å². The second kappa shape index (κ2) is 7.74. The maximum Gasteiger partial charge on any atom is 0.408 e. The molecule has 0 aliphatic rings. The minimum atomic E-state index is -0.467. The highest BCUT2D eigenvalue weighted by atomic mass is 16.5. The maximum absolute atomic E-state index is 12.5. The summed E-state index contributed by atoms with van der Waals surface area (Å²) in [4.78, 5) is 20.0. The number of hydrogen-bond donors (Lipinski definition) is 2. The Labute approximate surface area is 157 Å². The van der Waals surface area contributed by atoms with E-state index in [4.69, 9.17) is 4.74 Å². The van der Waals surface area contributed by atoms with E-state index in [2.05, 4.69) is 15.3 Å². The number of nitrogens with one attached hydrogen (secondary N) is 2. The van der Waals surface area contributed by atoms with Gasteiger partial charge in [-0.05, 0) is 23.3 Å². The molecule has 5 heteroatoms. The summed E-state index contributed by atoms with van der Waals surface area (Å²) in [5.41, 5.74) is 3.65. The van der Waals surface area contributed by atoms with Gasteiger partial charge in [0.2, 0.25) is 0 Å². The molecule has 0 aliphatic heterocycles. The molecule has 4 rings (SSSR count). The Morgan fingerprint density at radius 2 is 1.74 bits per heavy atom. The van der Waals surface area contributed by atoms with Gasteiger partial charge in [-0.15, -0.1) is 0 Å². The lowest BCUT2D eigenvalue weighted by atomic mass is 9.99. The molecule has 27 heavy (non-hydrogen) atoms. The maximum atomic E-state index is 12.5. The number of alkyl carbamates (subject to hydrolysis) is 1. The van der Waals surface area contributed by atoms with Gasteiger partial charge in [-0.25, -0.2) is 9.78 Å². The molecule has 0 saturated carbocycles.